The van der Waals surface area contributed by atoms with E-state index in [9.17, 15) is 0 Å². The average Bonchev–Trinajstić information content (AvgIpc) is 2.76. The Morgan fingerprint density at radius 1 is 1.62 bits per heavy atom. The molecular weight excluding hydrogens is 166 g/mol. The fourth-order valence-electron chi connectivity index (χ4n) is 1.83. The average molecular weight is 181 g/mol. The van der Waals surface area contributed by atoms with Gasteiger partial charge in [-0.05, 0) is 31.0 Å². The summed E-state index contributed by atoms with van der Waals surface area (Å²) >= 11 is 0. The van der Waals surface area contributed by atoms with E-state index in [1.807, 2.05) is 12.1 Å². The number of likely N-dealkylation sites (tertiary alicyclic amines) is 1. The molecule has 1 unspecified atom stereocenters. The van der Waals surface area contributed by atoms with Gasteiger partial charge in [-0.1, -0.05) is 0 Å². The van der Waals surface area contributed by atoms with Gasteiger partial charge in [0.25, 0.3) is 0 Å². The summed E-state index contributed by atoms with van der Waals surface area (Å²) in [6, 6.07) is 3.90. The number of furan rings is 1. The van der Waals surface area contributed by atoms with Crippen LogP contribution in [0.1, 0.15) is 12.2 Å². The second kappa shape index (κ2) is 3.94. The molecule has 2 heterocycles. The van der Waals surface area contributed by atoms with E-state index in [0.717, 1.165) is 31.8 Å². The molecule has 0 aromatic carbocycles. The molecule has 0 amide bonds. The number of nitrogens with zero attached hydrogens (tertiary/aromatic N) is 1. The van der Waals surface area contributed by atoms with Crippen molar-refractivity contribution >= 4 is 0 Å². The minimum Gasteiger partial charge on any atom is -0.468 e. The minimum absolute atomic E-state index is 0.314. The molecule has 3 nitrogen and oxygen atoms in total. The molecule has 2 rings (SSSR count). The first kappa shape index (κ1) is 8.78. The summed E-state index contributed by atoms with van der Waals surface area (Å²) in [6.07, 6.45) is 2.81. The van der Waals surface area contributed by atoms with Crippen LogP contribution in [0.2, 0.25) is 0 Å². The monoisotopic (exact) mass is 181 g/mol. The van der Waals surface area contributed by atoms with Gasteiger partial charge >= 0.3 is 0 Å². The first-order valence-corrected chi connectivity index (χ1v) is 4.74. The number of hydrogen-bond donors (Lipinski definition) is 1. The Labute approximate surface area is 78.0 Å². The number of hydrogen-bond acceptors (Lipinski definition) is 3. The maximum Gasteiger partial charge on any atom is 0.117 e. The molecule has 13 heavy (non-hydrogen) atoms. The first-order chi connectivity index (χ1) is 6.38. The highest BCUT2D eigenvalue weighted by molar-refractivity contribution is 4.98. The SMILES string of the molecule is OCC1CCN(Cc2ccco2)C1. The fraction of sp³-hybridized carbons (Fsp3) is 0.600. The summed E-state index contributed by atoms with van der Waals surface area (Å²) in [5.74, 6) is 1.48. The minimum atomic E-state index is 0.314. The highest BCUT2D eigenvalue weighted by Crippen LogP contribution is 2.17. The molecule has 3 heteroatoms. The number of aliphatic hydroxyl groups is 1. The summed E-state index contributed by atoms with van der Waals surface area (Å²) in [6.45, 7) is 3.27. The van der Waals surface area contributed by atoms with Crippen LogP contribution in [0.15, 0.2) is 22.8 Å². The van der Waals surface area contributed by atoms with E-state index in [2.05, 4.69) is 4.90 Å². The lowest BCUT2D eigenvalue weighted by atomic mass is 10.1. The molecule has 1 saturated heterocycles. The Morgan fingerprint density at radius 3 is 3.15 bits per heavy atom. The summed E-state index contributed by atoms with van der Waals surface area (Å²) in [5.41, 5.74) is 0. The van der Waals surface area contributed by atoms with Gasteiger partial charge in [0.05, 0.1) is 12.8 Å². The van der Waals surface area contributed by atoms with Gasteiger partial charge in [-0.2, -0.15) is 0 Å². The Hall–Kier alpha value is -0.800. The van der Waals surface area contributed by atoms with Gasteiger partial charge in [0, 0.05) is 13.2 Å². The van der Waals surface area contributed by atoms with Crippen molar-refractivity contribution in [3.8, 4) is 0 Å². The Kier molecular flexibility index (Phi) is 2.66. The Morgan fingerprint density at radius 2 is 2.54 bits per heavy atom. The lowest BCUT2D eigenvalue weighted by Gasteiger charge is -2.13. The molecule has 0 radical (unpaired) electrons. The van der Waals surface area contributed by atoms with Gasteiger partial charge in [0.2, 0.25) is 0 Å². The van der Waals surface area contributed by atoms with Gasteiger partial charge in [-0.3, -0.25) is 4.90 Å². The van der Waals surface area contributed by atoms with E-state index in [-0.39, 0.29) is 0 Å². The van der Waals surface area contributed by atoms with Gasteiger partial charge in [0.15, 0.2) is 0 Å². The second-order valence-corrected chi connectivity index (χ2v) is 3.65. The molecule has 0 aliphatic carbocycles. The molecule has 1 fully saturated rings. The smallest absolute Gasteiger partial charge is 0.117 e. The Bertz CT molecular complexity index is 245. The van der Waals surface area contributed by atoms with Crippen molar-refractivity contribution in [3.63, 3.8) is 0 Å². The van der Waals surface area contributed by atoms with E-state index in [1.54, 1.807) is 6.26 Å². The molecule has 0 bridgehead atoms. The lowest BCUT2D eigenvalue weighted by Crippen LogP contribution is -2.20. The molecule has 1 atom stereocenters. The molecule has 1 aromatic heterocycles. The van der Waals surface area contributed by atoms with Gasteiger partial charge in [-0.25, -0.2) is 0 Å². The van der Waals surface area contributed by atoms with Crippen LogP contribution >= 0.6 is 0 Å². The maximum atomic E-state index is 8.96. The third kappa shape index (κ3) is 2.11. The zero-order valence-electron chi connectivity index (χ0n) is 7.65. The molecular formula is C10H15NO2. The van der Waals surface area contributed by atoms with E-state index >= 15 is 0 Å². The molecule has 1 N–H and O–H groups in total. The largest absolute Gasteiger partial charge is 0.468 e. The summed E-state index contributed by atoms with van der Waals surface area (Å²) < 4.78 is 5.26. The standard InChI is InChI=1S/C10H15NO2/c12-8-9-3-4-11(6-9)7-10-2-1-5-13-10/h1-2,5,9,12H,3-4,6-8H2. The maximum absolute atomic E-state index is 8.96. The predicted octanol–water partition coefficient (Wildman–Crippen LogP) is 1.09. The van der Waals surface area contributed by atoms with Crippen LogP contribution in [0.5, 0.6) is 0 Å². The second-order valence-electron chi connectivity index (χ2n) is 3.65. The van der Waals surface area contributed by atoms with Gasteiger partial charge in [-0.15, -0.1) is 0 Å². The van der Waals surface area contributed by atoms with Crippen molar-refractivity contribution in [1.82, 2.24) is 4.90 Å². The predicted molar refractivity (Wildman–Crippen MR) is 49.2 cm³/mol. The number of rotatable bonds is 3. The lowest BCUT2D eigenvalue weighted by molar-refractivity contribution is 0.216. The normalized spacial score (nSPS) is 23.9. The Balaban J connectivity index is 1.84. The third-order valence-corrected chi connectivity index (χ3v) is 2.59. The van der Waals surface area contributed by atoms with Gasteiger partial charge in [0.1, 0.15) is 5.76 Å². The van der Waals surface area contributed by atoms with Crippen molar-refractivity contribution in [2.75, 3.05) is 19.7 Å². The van der Waals surface area contributed by atoms with Crippen LogP contribution in [-0.4, -0.2) is 29.7 Å². The molecule has 0 saturated carbocycles. The summed E-state index contributed by atoms with van der Waals surface area (Å²) in [4.78, 5) is 2.32. The van der Waals surface area contributed by atoms with E-state index in [0.29, 0.717) is 12.5 Å². The van der Waals surface area contributed by atoms with Crippen LogP contribution in [0.4, 0.5) is 0 Å². The molecule has 72 valence electrons. The number of aliphatic hydroxyl groups excluding tert-OH is 1. The first-order valence-electron chi connectivity index (χ1n) is 4.74. The van der Waals surface area contributed by atoms with Crippen LogP contribution < -0.4 is 0 Å². The van der Waals surface area contributed by atoms with Crippen molar-refractivity contribution in [1.29, 1.82) is 0 Å². The molecule has 1 aromatic rings. The highest BCUT2D eigenvalue weighted by atomic mass is 16.3. The van der Waals surface area contributed by atoms with Crippen LogP contribution in [-0.2, 0) is 6.54 Å². The van der Waals surface area contributed by atoms with Crippen molar-refractivity contribution in [3.05, 3.63) is 24.2 Å². The van der Waals surface area contributed by atoms with Crippen molar-refractivity contribution in [2.45, 2.75) is 13.0 Å². The van der Waals surface area contributed by atoms with E-state index < -0.39 is 0 Å². The van der Waals surface area contributed by atoms with Crippen LogP contribution in [0.25, 0.3) is 0 Å². The van der Waals surface area contributed by atoms with Crippen LogP contribution in [0, 0.1) is 5.92 Å². The molecule has 1 aliphatic rings. The summed E-state index contributed by atoms with van der Waals surface area (Å²) in [7, 11) is 0. The molecule has 1 aliphatic heterocycles. The summed E-state index contributed by atoms with van der Waals surface area (Å²) in [5, 5.41) is 8.96. The topological polar surface area (TPSA) is 36.6 Å². The van der Waals surface area contributed by atoms with E-state index in [4.69, 9.17) is 9.52 Å². The van der Waals surface area contributed by atoms with Gasteiger partial charge < -0.3 is 9.52 Å². The van der Waals surface area contributed by atoms with Crippen molar-refractivity contribution in [2.24, 2.45) is 5.92 Å². The van der Waals surface area contributed by atoms with Crippen LogP contribution in [0.3, 0.4) is 0 Å². The van der Waals surface area contributed by atoms with Crippen molar-refractivity contribution < 1.29 is 9.52 Å². The zero-order chi connectivity index (χ0) is 9.10. The molecule has 0 spiro atoms. The zero-order valence-corrected chi connectivity index (χ0v) is 7.65. The third-order valence-electron chi connectivity index (χ3n) is 2.59. The quantitative estimate of drug-likeness (QED) is 0.758. The highest BCUT2D eigenvalue weighted by Gasteiger charge is 2.21. The fourth-order valence-corrected chi connectivity index (χ4v) is 1.83. The van der Waals surface area contributed by atoms with E-state index in [1.165, 1.54) is 0 Å².